The number of benzene rings is 3. The maximum absolute atomic E-state index is 14.8. The van der Waals surface area contributed by atoms with Crippen LogP contribution in [0.3, 0.4) is 0 Å². The standard InChI is InChI=1S/C29H32BrF2N3O3/c1-17-10-11-19(34-25-15-35(16-29(25,31)32)27(37)38-28(3,4)5)14-23(17)26(36)33-18(2)20-12-13-24(30)22-9-7-6-8-21(20)22/h6-14,18,25,34H,15-16H2,1-5H3,(H,33,36)/t18-,25+/m1/s1. The molecule has 0 unspecified atom stereocenters. The molecule has 1 heterocycles. The number of halogens is 3. The molecule has 6 nitrogen and oxygen atoms in total. The number of hydrogen-bond acceptors (Lipinski definition) is 4. The van der Waals surface area contributed by atoms with Gasteiger partial charge in [0.2, 0.25) is 0 Å². The van der Waals surface area contributed by atoms with E-state index in [-0.39, 0.29) is 18.5 Å². The van der Waals surface area contributed by atoms with Crippen LogP contribution in [0.25, 0.3) is 10.8 Å². The molecular formula is C29H32BrF2N3O3. The number of carbonyl (C=O) groups excluding carboxylic acids is 2. The van der Waals surface area contributed by atoms with Crippen LogP contribution in [0, 0.1) is 6.92 Å². The maximum Gasteiger partial charge on any atom is 0.410 e. The summed E-state index contributed by atoms with van der Waals surface area (Å²) in [5.41, 5.74) is 1.66. The number of aryl methyl sites for hydroxylation is 1. The lowest BCUT2D eigenvalue weighted by Gasteiger charge is -2.24. The van der Waals surface area contributed by atoms with Crippen molar-refractivity contribution < 1.29 is 23.1 Å². The van der Waals surface area contributed by atoms with Gasteiger partial charge in [-0.15, -0.1) is 0 Å². The monoisotopic (exact) mass is 587 g/mol. The summed E-state index contributed by atoms with van der Waals surface area (Å²) in [6.07, 6.45) is -0.778. The number of ether oxygens (including phenoxy) is 1. The van der Waals surface area contributed by atoms with Gasteiger partial charge in [0.25, 0.3) is 11.8 Å². The maximum atomic E-state index is 14.8. The van der Waals surface area contributed by atoms with Crippen molar-refractivity contribution in [1.82, 2.24) is 10.2 Å². The molecule has 1 saturated heterocycles. The lowest BCUT2D eigenvalue weighted by Crippen LogP contribution is -2.38. The van der Waals surface area contributed by atoms with Crippen molar-refractivity contribution in [2.24, 2.45) is 0 Å². The third kappa shape index (κ3) is 6.09. The quantitative estimate of drug-likeness (QED) is 0.335. The molecule has 0 aliphatic carbocycles. The molecule has 38 heavy (non-hydrogen) atoms. The summed E-state index contributed by atoms with van der Waals surface area (Å²) in [4.78, 5) is 26.6. The van der Waals surface area contributed by atoms with Gasteiger partial charge in [0.1, 0.15) is 11.6 Å². The van der Waals surface area contributed by atoms with E-state index >= 15 is 0 Å². The summed E-state index contributed by atoms with van der Waals surface area (Å²) >= 11 is 3.58. The number of rotatable bonds is 5. The Morgan fingerprint density at radius 1 is 1.11 bits per heavy atom. The number of nitrogens with one attached hydrogen (secondary N) is 2. The highest BCUT2D eigenvalue weighted by molar-refractivity contribution is 9.10. The molecule has 3 aromatic rings. The molecule has 202 valence electrons. The third-order valence-corrected chi connectivity index (χ3v) is 7.20. The highest BCUT2D eigenvalue weighted by atomic mass is 79.9. The Morgan fingerprint density at radius 2 is 1.79 bits per heavy atom. The van der Waals surface area contributed by atoms with Crippen molar-refractivity contribution in [3.05, 3.63) is 75.8 Å². The lowest BCUT2D eigenvalue weighted by molar-refractivity contribution is -0.00635. The number of alkyl halides is 2. The number of carbonyl (C=O) groups is 2. The van der Waals surface area contributed by atoms with E-state index in [0.717, 1.165) is 31.3 Å². The lowest BCUT2D eigenvalue weighted by atomic mass is 9.99. The first-order chi connectivity index (χ1) is 17.7. The van der Waals surface area contributed by atoms with E-state index in [1.807, 2.05) is 43.3 Å². The fourth-order valence-electron chi connectivity index (χ4n) is 4.57. The molecule has 0 saturated carbocycles. The van der Waals surface area contributed by atoms with Crippen molar-refractivity contribution in [2.45, 2.75) is 58.2 Å². The molecule has 0 radical (unpaired) electrons. The second-order valence-electron chi connectivity index (χ2n) is 10.7. The second-order valence-corrected chi connectivity index (χ2v) is 11.6. The van der Waals surface area contributed by atoms with Crippen LogP contribution in [0.2, 0.25) is 0 Å². The predicted molar refractivity (Wildman–Crippen MR) is 149 cm³/mol. The van der Waals surface area contributed by atoms with Gasteiger partial charge in [0, 0.05) is 15.7 Å². The average molecular weight is 588 g/mol. The highest BCUT2D eigenvalue weighted by Crippen LogP contribution is 2.33. The minimum atomic E-state index is -3.17. The van der Waals surface area contributed by atoms with Crippen molar-refractivity contribution in [3.8, 4) is 0 Å². The molecule has 1 aliphatic rings. The van der Waals surface area contributed by atoms with Crippen molar-refractivity contribution in [2.75, 3.05) is 18.4 Å². The van der Waals surface area contributed by atoms with E-state index in [1.54, 1.807) is 45.9 Å². The van der Waals surface area contributed by atoms with E-state index in [4.69, 9.17) is 4.74 Å². The van der Waals surface area contributed by atoms with Crippen molar-refractivity contribution >= 4 is 44.4 Å². The molecule has 4 rings (SSSR count). The Kier molecular flexibility index (Phi) is 7.70. The van der Waals surface area contributed by atoms with E-state index < -0.39 is 30.2 Å². The number of nitrogens with zero attached hydrogens (tertiary/aromatic N) is 1. The Balaban J connectivity index is 1.50. The van der Waals surface area contributed by atoms with Crippen LogP contribution in [0.15, 0.2) is 59.1 Å². The first kappa shape index (κ1) is 27.8. The molecule has 0 bridgehead atoms. The van der Waals surface area contributed by atoms with Gasteiger partial charge in [-0.25, -0.2) is 13.6 Å². The van der Waals surface area contributed by atoms with Gasteiger partial charge in [-0.1, -0.05) is 52.3 Å². The topological polar surface area (TPSA) is 70.7 Å². The number of likely N-dealkylation sites (tertiary alicyclic amines) is 1. The summed E-state index contributed by atoms with van der Waals surface area (Å²) in [5, 5.41) is 7.95. The normalized spacial score (nSPS) is 17.8. The average Bonchev–Trinajstić information content (AvgIpc) is 3.13. The first-order valence-electron chi connectivity index (χ1n) is 12.5. The molecule has 9 heteroatoms. The van der Waals surface area contributed by atoms with E-state index in [0.29, 0.717) is 11.3 Å². The summed E-state index contributed by atoms with van der Waals surface area (Å²) in [5.74, 6) is -3.47. The molecule has 2 N–H and O–H groups in total. The Morgan fingerprint density at radius 3 is 2.47 bits per heavy atom. The van der Waals surface area contributed by atoms with E-state index in [9.17, 15) is 18.4 Å². The number of amides is 2. The fraction of sp³-hybridized carbons (Fsp3) is 0.379. The summed E-state index contributed by atoms with van der Waals surface area (Å²) in [7, 11) is 0. The van der Waals surface area contributed by atoms with Gasteiger partial charge >= 0.3 is 6.09 Å². The largest absolute Gasteiger partial charge is 0.444 e. The van der Waals surface area contributed by atoms with E-state index in [2.05, 4.69) is 26.6 Å². The molecule has 2 atom stereocenters. The minimum Gasteiger partial charge on any atom is -0.444 e. The summed E-state index contributed by atoms with van der Waals surface area (Å²) in [6.45, 7) is 7.82. The number of anilines is 1. The minimum absolute atomic E-state index is 0.217. The molecule has 1 fully saturated rings. The van der Waals surface area contributed by atoms with E-state index in [1.165, 1.54) is 0 Å². The van der Waals surface area contributed by atoms with Gasteiger partial charge in [-0.05, 0) is 74.7 Å². The van der Waals surface area contributed by atoms with Gasteiger partial charge in [0.05, 0.1) is 19.1 Å². The van der Waals surface area contributed by atoms with Crippen LogP contribution in [0.5, 0.6) is 0 Å². The zero-order valence-electron chi connectivity index (χ0n) is 22.1. The Hall–Kier alpha value is -3.20. The molecule has 1 aliphatic heterocycles. The van der Waals surface area contributed by atoms with Crippen LogP contribution in [0.4, 0.5) is 19.3 Å². The highest BCUT2D eigenvalue weighted by Gasteiger charge is 2.50. The van der Waals surface area contributed by atoms with Gasteiger partial charge in [-0.2, -0.15) is 0 Å². The number of fused-ring (bicyclic) bond motifs is 1. The van der Waals surface area contributed by atoms with Gasteiger partial charge < -0.3 is 15.4 Å². The molecule has 0 aromatic heterocycles. The smallest absolute Gasteiger partial charge is 0.410 e. The van der Waals surface area contributed by atoms with Crippen LogP contribution in [0.1, 0.15) is 55.2 Å². The first-order valence-corrected chi connectivity index (χ1v) is 13.3. The second kappa shape index (κ2) is 10.5. The van der Waals surface area contributed by atoms with Crippen molar-refractivity contribution in [1.29, 1.82) is 0 Å². The van der Waals surface area contributed by atoms with Crippen LogP contribution in [-0.4, -0.2) is 47.6 Å². The van der Waals surface area contributed by atoms with Crippen molar-refractivity contribution in [3.63, 3.8) is 0 Å². The zero-order chi connectivity index (χ0) is 27.8. The van der Waals surface area contributed by atoms with Crippen LogP contribution in [-0.2, 0) is 4.74 Å². The summed E-state index contributed by atoms with van der Waals surface area (Å²) < 4.78 is 35.8. The summed E-state index contributed by atoms with van der Waals surface area (Å²) in [6, 6.07) is 15.2. The fourth-order valence-corrected chi connectivity index (χ4v) is 5.05. The van der Waals surface area contributed by atoms with Gasteiger partial charge in [-0.3, -0.25) is 9.69 Å². The Labute approximate surface area is 229 Å². The molecule has 2 amide bonds. The van der Waals surface area contributed by atoms with Crippen LogP contribution < -0.4 is 10.6 Å². The number of hydrogen-bond donors (Lipinski definition) is 2. The predicted octanol–water partition coefficient (Wildman–Crippen LogP) is 7.07. The molecular weight excluding hydrogens is 556 g/mol. The molecule has 3 aromatic carbocycles. The Bertz CT molecular complexity index is 1370. The third-order valence-electron chi connectivity index (χ3n) is 6.51. The van der Waals surface area contributed by atoms with Crippen LogP contribution >= 0.6 is 15.9 Å². The SMILES string of the molecule is Cc1ccc(N[C@H]2CN(C(=O)OC(C)(C)C)CC2(F)F)cc1C(=O)N[C@H](C)c1ccc(Br)c2ccccc12. The van der Waals surface area contributed by atoms with Gasteiger partial charge in [0.15, 0.2) is 0 Å². The molecule has 0 spiro atoms. The zero-order valence-corrected chi connectivity index (χ0v) is 23.7.